The molecule has 0 saturated heterocycles. The molecule has 2 aromatic rings. The van der Waals surface area contributed by atoms with Crippen LogP contribution in [-0.2, 0) is 16.8 Å². The summed E-state index contributed by atoms with van der Waals surface area (Å²) in [4.78, 5) is 18.3. The summed E-state index contributed by atoms with van der Waals surface area (Å²) in [7, 11) is 1.86. The molecular formula is C14H20N4O2S. The van der Waals surface area contributed by atoms with Gasteiger partial charge in [0.15, 0.2) is 5.13 Å². The number of carbonyl (C=O) groups is 1. The van der Waals surface area contributed by atoms with Crippen LogP contribution in [0.1, 0.15) is 32.2 Å². The number of aromatic nitrogens is 2. The Balaban J connectivity index is 1.85. The highest BCUT2D eigenvalue weighted by atomic mass is 32.1. The van der Waals surface area contributed by atoms with Gasteiger partial charge in [-0.05, 0) is 7.05 Å². The first-order valence-electron chi connectivity index (χ1n) is 6.68. The second kappa shape index (κ2) is 6.36. The Labute approximate surface area is 128 Å². The van der Waals surface area contributed by atoms with Crippen LogP contribution in [0.15, 0.2) is 22.2 Å². The number of nitrogens with zero attached hydrogens (tertiary/aromatic N) is 3. The molecule has 0 aliphatic carbocycles. The molecule has 0 aromatic carbocycles. The van der Waals surface area contributed by atoms with Gasteiger partial charge in [-0.2, -0.15) is 0 Å². The van der Waals surface area contributed by atoms with Crippen LogP contribution < -0.4 is 5.32 Å². The van der Waals surface area contributed by atoms with Crippen LogP contribution in [-0.4, -0.2) is 34.5 Å². The summed E-state index contributed by atoms with van der Waals surface area (Å²) in [6.07, 6.45) is 1.52. The van der Waals surface area contributed by atoms with Crippen LogP contribution in [0.5, 0.6) is 0 Å². The SMILES string of the molecule is CN(CC(=O)Nc1nc(C(C)(C)C)cs1)Cc1ccon1. The van der Waals surface area contributed by atoms with Crippen molar-refractivity contribution in [3.8, 4) is 0 Å². The van der Waals surface area contributed by atoms with E-state index in [1.807, 2.05) is 17.3 Å². The van der Waals surface area contributed by atoms with E-state index in [2.05, 4.69) is 36.2 Å². The molecule has 2 rings (SSSR count). The van der Waals surface area contributed by atoms with E-state index < -0.39 is 0 Å². The number of amides is 1. The molecule has 0 spiro atoms. The van der Waals surface area contributed by atoms with Gasteiger partial charge < -0.3 is 9.84 Å². The smallest absolute Gasteiger partial charge is 0.240 e. The molecule has 0 unspecified atom stereocenters. The van der Waals surface area contributed by atoms with Crippen LogP contribution in [0.25, 0.3) is 0 Å². The Morgan fingerprint density at radius 1 is 1.48 bits per heavy atom. The van der Waals surface area contributed by atoms with E-state index in [4.69, 9.17) is 4.52 Å². The van der Waals surface area contributed by atoms with Crippen LogP contribution >= 0.6 is 11.3 Å². The molecule has 2 aromatic heterocycles. The fraction of sp³-hybridized carbons (Fsp3) is 0.500. The number of hydrogen-bond acceptors (Lipinski definition) is 6. The molecule has 0 bridgehead atoms. The summed E-state index contributed by atoms with van der Waals surface area (Å²) in [6.45, 7) is 7.13. The maximum atomic E-state index is 12.0. The molecule has 0 saturated carbocycles. The first-order valence-corrected chi connectivity index (χ1v) is 7.56. The van der Waals surface area contributed by atoms with E-state index in [-0.39, 0.29) is 17.9 Å². The zero-order valence-corrected chi connectivity index (χ0v) is 13.5. The van der Waals surface area contributed by atoms with Gasteiger partial charge in [0.2, 0.25) is 5.91 Å². The quantitative estimate of drug-likeness (QED) is 0.919. The first kappa shape index (κ1) is 15.7. The number of nitrogens with one attached hydrogen (secondary N) is 1. The van der Waals surface area contributed by atoms with E-state index in [0.717, 1.165) is 11.4 Å². The Hall–Kier alpha value is -1.73. The minimum Gasteiger partial charge on any atom is -0.364 e. The highest BCUT2D eigenvalue weighted by Gasteiger charge is 2.18. The number of rotatable bonds is 5. The summed E-state index contributed by atoms with van der Waals surface area (Å²) >= 11 is 1.45. The average molecular weight is 308 g/mol. The van der Waals surface area contributed by atoms with Crippen LogP contribution in [0, 0.1) is 0 Å². The van der Waals surface area contributed by atoms with Gasteiger partial charge in [-0.3, -0.25) is 9.69 Å². The third-order valence-corrected chi connectivity index (χ3v) is 3.61. The summed E-state index contributed by atoms with van der Waals surface area (Å²) in [6, 6.07) is 1.78. The lowest BCUT2D eigenvalue weighted by atomic mass is 9.93. The average Bonchev–Trinajstić information content (AvgIpc) is 2.98. The number of likely N-dealkylation sites (N-methyl/N-ethyl adjacent to an activating group) is 1. The van der Waals surface area contributed by atoms with E-state index >= 15 is 0 Å². The molecular weight excluding hydrogens is 288 g/mol. The summed E-state index contributed by atoms with van der Waals surface area (Å²) < 4.78 is 4.77. The van der Waals surface area contributed by atoms with Crippen molar-refractivity contribution in [2.45, 2.75) is 32.7 Å². The highest BCUT2D eigenvalue weighted by molar-refractivity contribution is 7.13. The van der Waals surface area contributed by atoms with Gasteiger partial charge in [0.25, 0.3) is 0 Å². The molecule has 114 valence electrons. The first-order chi connectivity index (χ1) is 9.84. The zero-order valence-electron chi connectivity index (χ0n) is 12.7. The normalized spacial score (nSPS) is 11.9. The second-order valence-electron chi connectivity index (χ2n) is 6.00. The van der Waals surface area contributed by atoms with Gasteiger partial charge in [0.05, 0.1) is 17.9 Å². The molecule has 7 heteroatoms. The fourth-order valence-corrected chi connectivity index (χ4v) is 2.68. The van der Waals surface area contributed by atoms with Gasteiger partial charge in [-0.15, -0.1) is 11.3 Å². The molecule has 1 amide bonds. The standard InChI is InChI=1S/C14H20N4O2S/c1-14(2,3)11-9-21-13(15-11)16-12(19)8-18(4)7-10-5-6-20-17-10/h5-6,9H,7-8H2,1-4H3,(H,15,16,19). The Morgan fingerprint density at radius 3 is 2.81 bits per heavy atom. The maximum absolute atomic E-state index is 12.0. The number of anilines is 1. The summed E-state index contributed by atoms with van der Waals surface area (Å²) in [5.41, 5.74) is 1.77. The van der Waals surface area contributed by atoms with Crippen molar-refractivity contribution >= 4 is 22.4 Å². The molecule has 0 fully saturated rings. The monoisotopic (exact) mass is 308 g/mol. The van der Waals surface area contributed by atoms with E-state index in [9.17, 15) is 4.79 Å². The van der Waals surface area contributed by atoms with Crippen molar-refractivity contribution in [2.24, 2.45) is 0 Å². The highest BCUT2D eigenvalue weighted by Crippen LogP contribution is 2.26. The number of carbonyl (C=O) groups excluding carboxylic acids is 1. The fourth-order valence-electron chi connectivity index (χ4n) is 1.73. The van der Waals surface area contributed by atoms with Crippen molar-refractivity contribution in [1.29, 1.82) is 0 Å². The van der Waals surface area contributed by atoms with Crippen LogP contribution in [0.2, 0.25) is 0 Å². The summed E-state index contributed by atoms with van der Waals surface area (Å²) in [5.74, 6) is -0.0872. The molecule has 0 aliphatic rings. The van der Waals surface area contributed by atoms with Gasteiger partial charge >= 0.3 is 0 Å². The Morgan fingerprint density at radius 2 is 2.24 bits per heavy atom. The largest absolute Gasteiger partial charge is 0.364 e. The third-order valence-electron chi connectivity index (χ3n) is 2.86. The third kappa shape index (κ3) is 4.64. The summed E-state index contributed by atoms with van der Waals surface area (Å²) in [5, 5.41) is 9.27. The molecule has 6 nitrogen and oxygen atoms in total. The van der Waals surface area contributed by atoms with Crippen LogP contribution in [0.4, 0.5) is 5.13 Å². The predicted molar refractivity (Wildman–Crippen MR) is 82.3 cm³/mol. The lowest BCUT2D eigenvalue weighted by Gasteiger charge is -2.15. The molecule has 21 heavy (non-hydrogen) atoms. The lowest BCUT2D eigenvalue weighted by molar-refractivity contribution is -0.117. The van der Waals surface area contributed by atoms with E-state index in [0.29, 0.717) is 11.7 Å². The number of thiazole rings is 1. The predicted octanol–water partition coefficient (Wildman–Crippen LogP) is 2.50. The molecule has 2 heterocycles. The minimum absolute atomic E-state index is 0.0107. The van der Waals surface area contributed by atoms with Gasteiger partial charge in [0.1, 0.15) is 6.26 Å². The van der Waals surface area contributed by atoms with Crippen LogP contribution in [0.3, 0.4) is 0 Å². The zero-order chi connectivity index (χ0) is 15.5. The maximum Gasteiger partial charge on any atom is 0.240 e. The van der Waals surface area contributed by atoms with Gasteiger partial charge in [-0.1, -0.05) is 25.9 Å². The second-order valence-corrected chi connectivity index (χ2v) is 6.86. The van der Waals surface area contributed by atoms with Crippen molar-refractivity contribution in [3.05, 3.63) is 29.1 Å². The minimum atomic E-state index is -0.0872. The number of hydrogen-bond donors (Lipinski definition) is 1. The molecule has 0 radical (unpaired) electrons. The molecule has 0 atom stereocenters. The van der Waals surface area contributed by atoms with E-state index in [1.165, 1.54) is 17.6 Å². The van der Waals surface area contributed by atoms with E-state index in [1.54, 1.807) is 6.07 Å². The topological polar surface area (TPSA) is 71.3 Å². The van der Waals surface area contributed by atoms with Crippen molar-refractivity contribution in [3.63, 3.8) is 0 Å². The molecule has 1 N–H and O–H groups in total. The Bertz CT molecular complexity index is 586. The van der Waals surface area contributed by atoms with Gasteiger partial charge in [-0.25, -0.2) is 4.98 Å². The van der Waals surface area contributed by atoms with Crippen molar-refractivity contribution in [2.75, 3.05) is 18.9 Å². The van der Waals surface area contributed by atoms with Crippen molar-refractivity contribution < 1.29 is 9.32 Å². The Kier molecular flexibility index (Phi) is 4.74. The molecule has 0 aliphatic heterocycles. The van der Waals surface area contributed by atoms with Crippen molar-refractivity contribution in [1.82, 2.24) is 15.0 Å². The van der Waals surface area contributed by atoms with Gasteiger partial charge in [0, 0.05) is 23.4 Å². The lowest BCUT2D eigenvalue weighted by Crippen LogP contribution is -2.30.